The van der Waals surface area contributed by atoms with Crippen LogP contribution in [0.3, 0.4) is 0 Å². The number of carbonyl (C=O) groups excluding carboxylic acids is 2. The van der Waals surface area contributed by atoms with E-state index in [1.54, 1.807) is 37.3 Å². The molecule has 7 nitrogen and oxygen atoms in total. The topological polar surface area (TPSA) is 85.2 Å². The van der Waals surface area contributed by atoms with Gasteiger partial charge in [0.05, 0.1) is 29.9 Å². The van der Waals surface area contributed by atoms with Gasteiger partial charge < -0.3 is 15.4 Å². The fourth-order valence-electron chi connectivity index (χ4n) is 3.37. The van der Waals surface area contributed by atoms with Gasteiger partial charge >= 0.3 is 0 Å². The van der Waals surface area contributed by atoms with Gasteiger partial charge in [0, 0.05) is 17.2 Å². The van der Waals surface area contributed by atoms with E-state index in [0.29, 0.717) is 39.1 Å². The molecule has 9 heteroatoms. The molecule has 0 saturated heterocycles. The SMILES string of the molecule is COc1ccc(Cl)c(NC(=O)[C@H]2CC(=O)Nc3c(C)c(-c4ccc(F)cc4)nn32)c1. The first-order valence-corrected chi connectivity index (χ1v) is 9.54. The summed E-state index contributed by atoms with van der Waals surface area (Å²) in [4.78, 5) is 25.3. The molecule has 0 fully saturated rings. The predicted molar refractivity (Wildman–Crippen MR) is 111 cm³/mol. The zero-order chi connectivity index (χ0) is 21.4. The highest BCUT2D eigenvalue weighted by atomic mass is 35.5. The molecule has 0 spiro atoms. The van der Waals surface area contributed by atoms with Crippen molar-refractivity contribution < 1.29 is 18.7 Å². The Bertz CT molecular complexity index is 1140. The van der Waals surface area contributed by atoms with Crippen LogP contribution in [0.1, 0.15) is 18.0 Å². The van der Waals surface area contributed by atoms with Crippen LogP contribution in [0, 0.1) is 12.7 Å². The highest BCUT2D eigenvalue weighted by molar-refractivity contribution is 6.33. The minimum absolute atomic E-state index is 0.0790. The molecule has 2 amide bonds. The summed E-state index contributed by atoms with van der Waals surface area (Å²) in [5.74, 6) is -0.128. The third-order valence-corrected chi connectivity index (χ3v) is 5.26. The Morgan fingerprint density at radius 2 is 2.03 bits per heavy atom. The summed E-state index contributed by atoms with van der Waals surface area (Å²) in [6, 6.07) is 9.89. The van der Waals surface area contributed by atoms with E-state index >= 15 is 0 Å². The van der Waals surface area contributed by atoms with Gasteiger partial charge in [-0.1, -0.05) is 11.6 Å². The summed E-state index contributed by atoms with van der Waals surface area (Å²) < 4.78 is 19.9. The lowest BCUT2D eigenvalue weighted by molar-refractivity contribution is -0.125. The molecule has 1 aromatic heterocycles. The minimum atomic E-state index is -0.871. The molecule has 30 heavy (non-hydrogen) atoms. The average Bonchev–Trinajstić information content (AvgIpc) is 3.06. The molecular weight excluding hydrogens is 411 g/mol. The molecule has 0 radical (unpaired) electrons. The number of fused-ring (bicyclic) bond motifs is 1. The Morgan fingerprint density at radius 3 is 2.73 bits per heavy atom. The Balaban J connectivity index is 1.69. The van der Waals surface area contributed by atoms with Crippen molar-refractivity contribution in [2.45, 2.75) is 19.4 Å². The van der Waals surface area contributed by atoms with Crippen LogP contribution in [0.25, 0.3) is 11.3 Å². The maximum Gasteiger partial charge on any atom is 0.249 e. The van der Waals surface area contributed by atoms with Gasteiger partial charge in [-0.15, -0.1) is 0 Å². The Labute approximate surface area is 176 Å². The number of nitrogens with zero attached hydrogens (tertiary/aromatic N) is 2. The number of nitrogens with one attached hydrogen (secondary N) is 2. The van der Waals surface area contributed by atoms with E-state index in [0.717, 1.165) is 0 Å². The van der Waals surface area contributed by atoms with E-state index in [2.05, 4.69) is 15.7 Å². The summed E-state index contributed by atoms with van der Waals surface area (Å²) in [6.45, 7) is 1.79. The molecular formula is C21H18ClFN4O3. The number of benzene rings is 2. The zero-order valence-electron chi connectivity index (χ0n) is 16.2. The fourth-order valence-corrected chi connectivity index (χ4v) is 3.53. The highest BCUT2D eigenvalue weighted by Gasteiger charge is 2.34. The second-order valence-corrected chi connectivity index (χ2v) is 7.28. The van der Waals surface area contributed by atoms with Gasteiger partial charge in [0.25, 0.3) is 0 Å². The molecule has 0 unspecified atom stereocenters. The number of rotatable bonds is 4. The van der Waals surface area contributed by atoms with Crippen LogP contribution in [0.2, 0.25) is 5.02 Å². The van der Waals surface area contributed by atoms with Crippen LogP contribution in [-0.4, -0.2) is 28.7 Å². The van der Waals surface area contributed by atoms with Crippen LogP contribution < -0.4 is 15.4 Å². The van der Waals surface area contributed by atoms with E-state index in [1.165, 1.54) is 23.9 Å². The van der Waals surface area contributed by atoms with Crippen molar-refractivity contribution in [3.8, 4) is 17.0 Å². The third-order valence-electron chi connectivity index (χ3n) is 4.93. The normalized spacial score (nSPS) is 15.3. The largest absolute Gasteiger partial charge is 0.497 e. The predicted octanol–water partition coefficient (Wildman–Crippen LogP) is 4.18. The molecule has 4 rings (SSSR count). The first-order chi connectivity index (χ1) is 14.4. The highest BCUT2D eigenvalue weighted by Crippen LogP contribution is 2.35. The van der Waals surface area contributed by atoms with Gasteiger partial charge in [0.15, 0.2) is 0 Å². The van der Waals surface area contributed by atoms with Crippen molar-refractivity contribution in [2.24, 2.45) is 0 Å². The summed E-state index contributed by atoms with van der Waals surface area (Å²) in [5, 5.41) is 10.4. The van der Waals surface area contributed by atoms with Gasteiger partial charge in [0.2, 0.25) is 11.8 Å². The van der Waals surface area contributed by atoms with Gasteiger partial charge in [0.1, 0.15) is 23.4 Å². The van der Waals surface area contributed by atoms with Crippen LogP contribution in [0.15, 0.2) is 42.5 Å². The molecule has 1 aliphatic heterocycles. The third kappa shape index (κ3) is 3.61. The number of halogens is 2. The maximum absolute atomic E-state index is 13.3. The van der Waals surface area contributed by atoms with E-state index in [-0.39, 0.29) is 18.1 Å². The van der Waals surface area contributed by atoms with Crippen LogP contribution in [-0.2, 0) is 9.59 Å². The molecule has 154 valence electrons. The molecule has 2 aromatic carbocycles. The Hall–Kier alpha value is -3.39. The van der Waals surface area contributed by atoms with Crippen molar-refractivity contribution in [2.75, 3.05) is 17.7 Å². The lowest BCUT2D eigenvalue weighted by atomic mass is 10.1. The van der Waals surface area contributed by atoms with Crippen molar-refractivity contribution in [3.63, 3.8) is 0 Å². The van der Waals surface area contributed by atoms with Crippen LogP contribution >= 0.6 is 11.6 Å². The van der Waals surface area contributed by atoms with Crippen molar-refractivity contribution >= 4 is 34.9 Å². The van der Waals surface area contributed by atoms with E-state index < -0.39 is 11.9 Å². The Morgan fingerprint density at radius 1 is 1.30 bits per heavy atom. The number of aromatic nitrogens is 2. The van der Waals surface area contributed by atoms with E-state index in [4.69, 9.17) is 16.3 Å². The number of carbonyl (C=O) groups is 2. The number of hydrogen-bond donors (Lipinski definition) is 2. The fraction of sp³-hybridized carbons (Fsp3) is 0.190. The number of amides is 2. The van der Waals surface area contributed by atoms with Crippen molar-refractivity contribution in [1.29, 1.82) is 0 Å². The van der Waals surface area contributed by atoms with Gasteiger partial charge in [-0.2, -0.15) is 5.10 Å². The molecule has 0 saturated carbocycles. The Kier molecular flexibility index (Phi) is 5.17. The van der Waals surface area contributed by atoms with E-state index in [9.17, 15) is 14.0 Å². The molecule has 0 aliphatic carbocycles. The average molecular weight is 429 g/mol. The molecule has 1 aliphatic rings. The first kappa shape index (κ1) is 19.9. The molecule has 2 N–H and O–H groups in total. The first-order valence-electron chi connectivity index (χ1n) is 9.16. The lowest BCUT2D eigenvalue weighted by Gasteiger charge is -2.24. The smallest absolute Gasteiger partial charge is 0.249 e. The number of methoxy groups -OCH3 is 1. The summed E-state index contributed by atoms with van der Waals surface area (Å²) in [7, 11) is 1.51. The number of hydrogen-bond acceptors (Lipinski definition) is 4. The lowest BCUT2D eigenvalue weighted by Crippen LogP contribution is -2.36. The van der Waals surface area contributed by atoms with Crippen molar-refractivity contribution in [1.82, 2.24) is 9.78 Å². The van der Waals surface area contributed by atoms with Gasteiger partial charge in [-0.25, -0.2) is 9.07 Å². The van der Waals surface area contributed by atoms with Crippen LogP contribution in [0.4, 0.5) is 15.9 Å². The second kappa shape index (κ2) is 7.79. The summed E-state index contributed by atoms with van der Waals surface area (Å²) >= 11 is 6.18. The molecule has 0 bridgehead atoms. The van der Waals surface area contributed by atoms with Gasteiger partial charge in [-0.05, 0) is 43.3 Å². The molecule has 3 aromatic rings. The van der Waals surface area contributed by atoms with E-state index in [1.807, 2.05) is 0 Å². The number of anilines is 2. The van der Waals surface area contributed by atoms with Gasteiger partial charge in [-0.3, -0.25) is 9.59 Å². The van der Waals surface area contributed by atoms with Crippen LogP contribution in [0.5, 0.6) is 5.75 Å². The number of ether oxygens (including phenoxy) is 1. The standard InChI is InChI=1S/C21H18ClFN4O3/c1-11-19(12-3-5-13(23)6-4-12)26-27-17(10-18(28)25-20(11)27)21(29)24-16-9-14(30-2)7-8-15(16)22/h3-9,17H,10H2,1-2H3,(H,24,29)(H,25,28)/t17-/m1/s1. The maximum atomic E-state index is 13.3. The van der Waals surface area contributed by atoms with Crippen molar-refractivity contribution in [3.05, 3.63) is 58.9 Å². The minimum Gasteiger partial charge on any atom is -0.497 e. The quantitative estimate of drug-likeness (QED) is 0.652. The summed E-state index contributed by atoms with van der Waals surface area (Å²) in [6.07, 6.45) is -0.0790. The molecule has 2 heterocycles. The zero-order valence-corrected chi connectivity index (χ0v) is 17.0. The second-order valence-electron chi connectivity index (χ2n) is 6.88. The summed E-state index contributed by atoms with van der Waals surface area (Å²) in [5.41, 5.74) is 2.30. The monoisotopic (exact) mass is 428 g/mol. The molecule has 1 atom stereocenters.